The Labute approximate surface area is 149 Å². The molecule has 0 aliphatic heterocycles. The number of hydrogen-bond acceptors (Lipinski definition) is 4. The number of carbonyl (C=O) groups is 2. The summed E-state index contributed by atoms with van der Waals surface area (Å²) in [5.41, 5.74) is 0.266. The monoisotopic (exact) mass is 351 g/mol. The van der Waals surface area contributed by atoms with E-state index >= 15 is 0 Å². The highest BCUT2D eigenvalue weighted by molar-refractivity contribution is 8.14. The molecular formula is C19H29NO3S. The summed E-state index contributed by atoms with van der Waals surface area (Å²) in [5, 5.41) is 3.17. The molecule has 1 N–H and O–H groups in total. The number of thioether (sulfide) groups is 1. The van der Waals surface area contributed by atoms with Crippen LogP contribution in [0.1, 0.15) is 63.7 Å². The first kappa shape index (κ1) is 20.6. The Kier molecular flexibility index (Phi) is 8.90. The van der Waals surface area contributed by atoms with Crippen molar-refractivity contribution in [2.75, 3.05) is 6.54 Å². The third-order valence-corrected chi connectivity index (χ3v) is 4.52. The molecule has 1 aromatic carbocycles. The molecule has 5 heteroatoms. The maximum Gasteiger partial charge on any atom is 0.407 e. The van der Waals surface area contributed by atoms with E-state index in [4.69, 9.17) is 4.74 Å². The first-order valence-corrected chi connectivity index (χ1v) is 9.42. The highest BCUT2D eigenvalue weighted by atomic mass is 32.2. The lowest BCUT2D eigenvalue weighted by Gasteiger charge is -2.20. The summed E-state index contributed by atoms with van der Waals surface area (Å²) in [5.74, 6) is 0. The van der Waals surface area contributed by atoms with Crippen LogP contribution in [0.25, 0.3) is 0 Å². The molecule has 4 nitrogen and oxygen atoms in total. The van der Waals surface area contributed by atoms with E-state index < -0.39 is 5.60 Å². The highest BCUT2D eigenvalue weighted by Crippen LogP contribution is 2.25. The van der Waals surface area contributed by atoms with Crippen molar-refractivity contribution in [1.82, 2.24) is 5.32 Å². The second-order valence-electron chi connectivity index (χ2n) is 6.75. The molecule has 0 spiro atoms. The Morgan fingerprint density at radius 3 is 2.42 bits per heavy atom. The van der Waals surface area contributed by atoms with Crippen LogP contribution in [0.2, 0.25) is 0 Å². The van der Waals surface area contributed by atoms with Crippen LogP contribution in [0.4, 0.5) is 4.79 Å². The summed E-state index contributed by atoms with van der Waals surface area (Å²) in [6.45, 7) is 8.22. The van der Waals surface area contributed by atoms with Gasteiger partial charge in [0.2, 0.25) is 5.12 Å². The molecule has 1 atom stereocenters. The molecule has 0 fully saturated rings. The molecule has 0 aliphatic carbocycles. The first-order valence-electron chi connectivity index (χ1n) is 8.54. The standard InChI is InChI=1S/C19H29NO3S/c1-5-10-16(24-17(21)15-11-7-6-8-12-15)13-9-14-20-18(22)23-19(2,3)4/h6-8,11-12,16H,5,9-10,13-14H2,1-4H3,(H,20,22). The molecule has 1 aromatic rings. The van der Waals surface area contributed by atoms with Gasteiger partial charge in [-0.2, -0.15) is 0 Å². The lowest BCUT2D eigenvalue weighted by atomic mass is 10.1. The zero-order chi connectivity index (χ0) is 18.0. The van der Waals surface area contributed by atoms with Crippen LogP contribution in [0.15, 0.2) is 30.3 Å². The minimum absolute atomic E-state index is 0.120. The molecule has 0 bridgehead atoms. The number of benzene rings is 1. The van der Waals surface area contributed by atoms with Crippen molar-refractivity contribution in [3.63, 3.8) is 0 Å². The Bertz CT molecular complexity index is 511. The molecule has 0 saturated heterocycles. The number of ether oxygens (including phenoxy) is 1. The van der Waals surface area contributed by atoms with Crippen molar-refractivity contribution in [2.24, 2.45) is 0 Å². The molecule has 1 amide bonds. The average Bonchev–Trinajstić information content (AvgIpc) is 2.50. The van der Waals surface area contributed by atoms with Gasteiger partial charge in [0.1, 0.15) is 5.60 Å². The molecule has 1 unspecified atom stereocenters. The van der Waals surface area contributed by atoms with E-state index in [0.29, 0.717) is 6.54 Å². The minimum Gasteiger partial charge on any atom is -0.444 e. The van der Waals surface area contributed by atoms with Gasteiger partial charge in [-0.15, -0.1) is 0 Å². The van der Waals surface area contributed by atoms with Crippen LogP contribution in [-0.4, -0.2) is 28.6 Å². The zero-order valence-corrected chi connectivity index (χ0v) is 15.9. The van der Waals surface area contributed by atoms with E-state index in [1.807, 2.05) is 51.1 Å². The second-order valence-corrected chi connectivity index (χ2v) is 8.03. The summed E-state index contributed by atoms with van der Waals surface area (Å²) < 4.78 is 5.21. The molecule has 134 valence electrons. The molecule has 1 rings (SSSR count). The topological polar surface area (TPSA) is 55.4 Å². The number of hydrogen-bond donors (Lipinski definition) is 1. The van der Waals surface area contributed by atoms with E-state index in [2.05, 4.69) is 12.2 Å². The maximum atomic E-state index is 12.3. The van der Waals surface area contributed by atoms with E-state index in [9.17, 15) is 9.59 Å². The molecule has 24 heavy (non-hydrogen) atoms. The third kappa shape index (κ3) is 8.96. The van der Waals surface area contributed by atoms with Gasteiger partial charge >= 0.3 is 6.09 Å². The third-order valence-electron chi connectivity index (χ3n) is 3.26. The number of amides is 1. The lowest BCUT2D eigenvalue weighted by Crippen LogP contribution is -2.33. The van der Waals surface area contributed by atoms with E-state index in [0.717, 1.165) is 31.2 Å². The second kappa shape index (κ2) is 10.4. The van der Waals surface area contributed by atoms with Crippen LogP contribution in [0.3, 0.4) is 0 Å². The van der Waals surface area contributed by atoms with E-state index in [-0.39, 0.29) is 16.5 Å². The van der Waals surface area contributed by atoms with Crippen LogP contribution in [0, 0.1) is 0 Å². The van der Waals surface area contributed by atoms with Gasteiger partial charge in [-0.25, -0.2) is 4.79 Å². The predicted octanol–water partition coefficient (Wildman–Crippen LogP) is 5.03. The average molecular weight is 352 g/mol. The largest absolute Gasteiger partial charge is 0.444 e. The maximum absolute atomic E-state index is 12.3. The normalized spacial score (nSPS) is 12.5. The van der Waals surface area contributed by atoms with Gasteiger partial charge in [0.25, 0.3) is 0 Å². The molecule has 0 saturated carbocycles. The highest BCUT2D eigenvalue weighted by Gasteiger charge is 2.17. The summed E-state index contributed by atoms with van der Waals surface area (Å²) in [4.78, 5) is 23.9. The van der Waals surface area contributed by atoms with Crippen molar-refractivity contribution < 1.29 is 14.3 Å². The Morgan fingerprint density at radius 2 is 1.83 bits per heavy atom. The van der Waals surface area contributed by atoms with Crippen molar-refractivity contribution in [3.8, 4) is 0 Å². The lowest BCUT2D eigenvalue weighted by molar-refractivity contribution is 0.0527. The Morgan fingerprint density at radius 1 is 1.17 bits per heavy atom. The van der Waals surface area contributed by atoms with Gasteiger partial charge in [0.05, 0.1) is 0 Å². The van der Waals surface area contributed by atoms with Gasteiger partial charge in [-0.1, -0.05) is 55.4 Å². The summed E-state index contributed by atoms with van der Waals surface area (Å²) >= 11 is 1.41. The van der Waals surface area contributed by atoms with Crippen LogP contribution in [0.5, 0.6) is 0 Å². The minimum atomic E-state index is -0.479. The number of alkyl carbamates (subject to hydrolysis) is 1. The summed E-state index contributed by atoms with van der Waals surface area (Å²) in [6, 6.07) is 9.37. The van der Waals surface area contributed by atoms with Crippen molar-refractivity contribution in [2.45, 2.75) is 64.2 Å². The van der Waals surface area contributed by atoms with Gasteiger partial charge in [0, 0.05) is 17.4 Å². The van der Waals surface area contributed by atoms with Gasteiger partial charge in [-0.3, -0.25) is 4.79 Å². The predicted molar refractivity (Wildman–Crippen MR) is 101 cm³/mol. The van der Waals surface area contributed by atoms with Gasteiger partial charge < -0.3 is 10.1 Å². The van der Waals surface area contributed by atoms with Gasteiger partial charge in [0.15, 0.2) is 0 Å². The molecule has 0 heterocycles. The fourth-order valence-electron chi connectivity index (χ4n) is 2.21. The molecule has 0 aromatic heterocycles. The first-order chi connectivity index (χ1) is 11.3. The number of rotatable bonds is 8. The Balaban J connectivity index is 2.36. The van der Waals surface area contributed by atoms with Crippen LogP contribution >= 0.6 is 11.8 Å². The van der Waals surface area contributed by atoms with E-state index in [1.165, 1.54) is 11.8 Å². The van der Waals surface area contributed by atoms with Crippen molar-refractivity contribution >= 4 is 23.0 Å². The zero-order valence-electron chi connectivity index (χ0n) is 15.1. The SMILES string of the molecule is CCCC(CCCNC(=O)OC(C)(C)C)SC(=O)c1ccccc1. The fourth-order valence-corrected chi connectivity index (χ4v) is 3.43. The van der Waals surface area contributed by atoms with Crippen LogP contribution < -0.4 is 5.32 Å². The number of nitrogens with one attached hydrogen (secondary N) is 1. The Hall–Kier alpha value is -1.49. The smallest absolute Gasteiger partial charge is 0.407 e. The summed E-state index contributed by atoms with van der Waals surface area (Å²) in [6.07, 6.45) is 3.38. The van der Waals surface area contributed by atoms with E-state index in [1.54, 1.807) is 0 Å². The number of carbonyl (C=O) groups excluding carboxylic acids is 2. The quantitative estimate of drug-likeness (QED) is 0.667. The molecule has 0 radical (unpaired) electrons. The molecule has 0 aliphatic rings. The van der Waals surface area contributed by atoms with Crippen molar-refractivity contribution in [1.29, 1.82) is 0 Å². The molecular weight excluding hydrogens is 322 g/mol. The van der Waals surface area contributed by atoms with Gasteiger partial charge in [-0.05, 0) is 40.0 Å². The van der Waals surface area contributed by atoms with Crippen LogP contribution in [-0.2, 0) is 4.74 Å². The summed E-state index contributed by atoms with van der Waals surface area (Å²) in [7, 11) is 0. The fraction of sp³-hybridized carbons (Fsp3) is 0.579. The van der Waals surface area contributed by atoms with Crippen molar-refractivity contribution in [3.05, 3.63) is 35.9 Å².